The standard InChI is InChI=1S/C4H6INO/c5-3-1-6-2-4(3)7/h3,6H,1-2H2. The zero-order chi connectivity index (χ0) is 5.28. The molecular weight excluding hydrogens is 205 g/mol. The third-order valence-corrected chi connectivity index (χ3v) is 2.11. The fourth-order valence-corrected chi connectivity index (χ4v) is 1.08. The van der Waals surface area contributed by atoms with Gasteiger partial charge in [-0.05, 0) is 0 Å². The molecule has 1 atom stereocenters. The van der Waals surface area contributed by atoms with Crippen molar-refractivity contribution in [1.82, 2.24) is 5.32 Å². The number of hydrogen-bond donors (Lipinski definition) is 1. The summed E-state index contributed by atoms with van der Waals surface area (Å²) < 4.78 is 0.234. The van der Waals surface area contributed by atoms with Gasteiger partial charge in [0.15, 0.2) is 5.78 Å². The third kappa shape index (κ3) is 1.13. The number of rotatable bonds is 0. The van der Waals surface area contributed by atoms with E-state index in [-0.39, 0.29) is 3.92 Å². The number of carbonyl (C=O) groups is 1. The molecule has 1 unspecified atom stereocenters. The van der Waals surface area contributed by atoms with Crippen LogP contribution in [0.1, 0.15) is 0 Å². The highest BCUT2D eigenvalue weighted by Gasteiger charge is 2.19. The quantitative estimate of drug-likeness (QED) is 0.450. The van der Waals surface area contributed by atoms with Crippen LogP contribution in [-0.2, 0) is 4.79 Å². The molecule has 0 aliphatic carbocycles. The normalized spacial score (nSPS) is 31.6. The summed E-state index contributed by atoms with van der Waals surface area (Å²) in [6.45, 7) is 1.44. The molecule has 1 fully saturated rings. The third-order valence-electron chi connectivity index (χ3n) is 0.972. The summed E-state index contributed by atoms with van der Waals surface area (Å²) >= 11 is 2.15. The van der Waals surface area contributed by atoms with Crippen molar-refractivity contribution >= 4 is 28.4 Å². The van der Waals surface area contributed by atoms with Crippen molar-refractivity contribution in [3.8, 4) is 0 Å². The molecule has 0 aromatic heterocycles. The van der Waals surface area contributed by atoms with E-state index in [1.807, 2.05) is 0 Å². The highest BCUT2D eigenvalue weighted by atomic mass is 127. The second kappa shape index (κ2) is 2.09. The molecule has 1 aliphatic rings. The number of nitrogens with one attached hydrogen (secondary N) is 1. The number of ketones is 1. The topological polar surface area (TPSA) is 29.1 Å². The van der Waals surface area contributed by atoms with E-state index in [1.165, 1.54) is 0 Å². The van der Waals surface area contributed by atoms with Gasteiger partial charge in [-0.1, -0.05) is 22.6 Å². The number of alkyl halides is 1. The van der Waals surface area contributed by atoms with Crippen molar-refractivity contribution in [2.75, 3.05) is 13.1 Å². The van der Waals surface area contributed by atoms with Crippen molar-refractivity contribution in [3.05, 3.63) is 0 Å². The molecular formula is C4H6INO. The summed E-state index contributed by atoms with van der Waals surface area (Å²) in [7, 11) is 0. The first-order valence-electron chi connectivity index (χ1n) is 2.18. The maximum Gasteiger partial charge on any atom is 0.160 e. The van der Waals surface area contributed by atoms with Crippen molar-refractivity contribution < 1.29 is 4.79 Å². The molecule has 0 aromatic rings. The van der Waals surface area contributed by atoms with E-state index in [0.717, 1.165) is 6.54 Å². The lowest BCUT2D eigenvalue weighted by atomic mass is 10.4. The van der Waals surface area contributed by atoms with E-state index in [1.54, 1.807) is 0 Å². The second-order valence-corrected chi connectivity index (χ2v) is 3.07. The van der Waals surface area contributed by atoms with E-state index < -0.39 is 0 Å². The van der Waals surface area contributed by atoms with Crippen LogP contribution in [0.15, 0.2) is 0 Å². The highest BCUT2D eigenvalue weighted by Crippen LogP contribution is 2.03. The molecule has 1 saturated heterocycles. The van der Waals surface area contributed by atoms with E-state index in [9.17, 15) is 4.79 Å². The Hall–Kier alpha value is 0.360. The summed E-state index contributed by atoms with van der Waals surface area (Å²) in [6.07, 6.45) is 0. The van der Waals surface area contributed by atoms with Gasteiger partial charge in [-0.3, -0.25) is 4.79 Å². The smallest absolute Gasteiger partial charge is 0.160 e. The largest absolute Gasteiger partial charge is 0.308 e. The molecule has 0 saturated carbocycles. The lowest BCUT2D eigenvalue weighted by Gasteiger charge is -1.87. The molecule has 0 bridgehead atoms. The van der Waals surface area contributed by atoms with Crippen molar-refractivity contribution in [2.45, 2.75) is 3.92 Å². The summed E-state index contributed by atoms with van der Waals surface area (Å²) in [5.74, 6) is 0.334. The van der Waals surface area contributed by atoms with Gasteiger partial charge < -0.3 is 5.32 Å². The molecule has 0 spiro atoms. The van der Waals surface area contributed by atoms with Crippen LogP contribution in [0.25, 0.3) is 0 Å². The van der Waals surface area contributed by atoms with Crippen LogP contribution in [0.3, 0.4) is 0 Å². The van der Waals surface area contributed by atoms with Gasteiger partial charge in [0.2, 0.25) is 0 Å². The Morgan fingerprint density at radius 3 is 2.71 bits per heavy atom. The lowest BCUT2D eigenvalue weighted by Crippen LogP contribution is -2.07. The van der Waals surface area contributed by atoms with Crippen molar-refractivity contribution in [3.63, 3.8) is 0 Å². The average molecular weight is 211 g/mol. The molecule has 1 N–H and O–H groups in total. The summed E-state index contributed by atoms with van der Waals surface area (Å²) in [5, 5.41) is 2.96. The minimum absolute atomic E-state index is 0.234. The number of Topliss-reactive ketones (excluding diaryl/α,β-unsaturated/α-hetero) is 1. The number of carbonyl (C=O) groups excluding carboxylic acids is 1. The van der Waals surface area contributed by atoms with Crippen molar-refractivity contribution in [2.24, 2.45) is 0 Å². The molecule has 0 aromatic carbocycles. The Balaban J connectivity index is 2.48. The molecule has 1 aliphatic heterocycles. The molecule has 1 rings (SSSR count). The minimum atomic E-state index is 0.234. The second-order valence-electron chi connectivity index (χ2n) is 1.56. The molecule has 2 nitrogen and oxygen atoms in total. The van der Waals surface area contributed by atoms with Gasteiger partial charge in [0.1, 0.15) is 0 Å². The molecule has 0 amide bonds. The fourth-order valence-electron chi connectivity index (χ4n) is 0.547. The van der Waals surface area contributed by atoms with Crippen LogP contribution in [0, 0.1) is 0 Å². The molecule has 0 radical (unpaired) electrons. The van der Waals surface area contributed by atoms with Crippen LogP contribution in [-0.4, -0.2) is 22.8 Å². The SMILES string of the molecule is O=C1CNCC1I. The number of halogens is 1. The summed E-state index contributed by atoms with van der Waals surface area (Å²) in [4.78, 5) is 10.5. The Bertz CT molecular complexity index is 93.7. The van der Waals surface area contributed by atoms with E-state index in [2.05, 4.69) is 27.9 Å². The van der Waals surface area contributed by atoms with Gasteiger partial charge in [0.25, 0.3) is 0 Å². The first-order valence-corrected chi connectivity index (χ1v) is 3.43. The molecule has 40 valence electrons. The van der Waals surface area contributed by atoms with Gasteiger partial charge in [0.05, 0.1) is 10.5 Å². The zero-order valence-electron chi connectivity index (χ0n) is 3.78. The molecule has 1 heterocycles. The first-order chi connectivity index (χ1) is 3.30. The Morgan fingerprint density at radius 1 is 1.86 bits per heavy atom. The van der Waals surface area contributed by atoms with E-state index >= 15 is 0 Å². The van der Waals surface area contributed by atoms with Crippen LogP contribution >= 0.6 is 22.6 Å². The molecule has 7 heavy (non-hydrogen) atoms. The van der Waals surface area contributed by atoms with Crippen LogP contribution < -0.4 is 5.32 Å². The minimum Gasteiger partial charge on any atom is -0.308 e. The highest BCUT2D eigenvalue weighted by molar-refractivity contribution is 14.1. The monoisotopic (exact) mass is 211 g/mol. The Morgan fingerprint density at radius 2 is 2.57 bits per heavy atom. The van der Waals surface area contributed by atoms with E-state index in [4.69, 9.17) is 0 Å². The summed E-state index contributed by atoms with van der Waals surface area (Å²) in [6, 6.07) is 0. The first kappa shape index (κ1) is 5.50. The average Bonchev–Trinajstić information content (AvgIpc) is 1.91. The maximum absolute atomic E-state index is 10.5. The van der Waals surface area contributed by atoms with Crippen LogP contribution in [0.4, 0.5) is 0 Å². The van der Waals surface area contributed by atoms with Gasteiger partial charge in [-0.2, -0.15) is 0 Å². The Labute approximate surface area is 55.8 Å². The molecule has 3 heteroatoms. The predicted octanol–water partition coefficient (Wildman–Crippen LogP) is -0.0377. The fraction of sp³-hybridized carbons (Fsp3) is 0.750. The van der Waals surface area contributed by atoms with Gasteiger partial charge in [0, 0.05) is 6.54 Å². The Kier molecular flexibility index (Phi) is 1.64. The van der Waals surface area contributed by atoms with Gasteiger partial charge in [-0.15, -0.1) is 0 Å². The van der Waals surface area contributed by atoms with Gasteiger partial charge in [-0.25, -0.2) is 0 Å². The van der Waals surface area contributed by atoms with Gasteiger partial charge >= 0.3 is 0 Å². The van der Waals surface area contributed by atoms with Crippen molar-refractivity contribution in [1.29, 1.82) is 0 Å². The maximum atomic E-state index is 10.5. The zero-order valence-corrected chi connectivity index (χ0v) is 5.94. The van der Waals surface area contributed by atoms with Crippen LogP contribution in [0.2, 0.25) is 0 Å². The predicted molar refractivity (Wildman–Crippen MR) is 35.7 cm³/mol. The number of hydrogen-bond acceptors (Lipinski definition) is 2. The lowest BCUT2D eigenvalue weighted by molar-refractivity contribution is -0.115. The summed E-state index contributed by atoms with van der Waals surface area (Å²) in [5.41, 5.74) is 0. The van der Waals surface area contributed by atoms with Crippen LogP contribution in [0.5, 0.6) is 0 Å². The van der Waals surface area contributed by atoms with E-state index in [0.29, 0.717) is 12.3 Å².